The lowest BCUT2D eigenvalue weighted by Crippen LogP contribution is -2.50. The SMILES string of the molecule is CCOc1ccc(N2C(=O)N(Cc3cccc(C#N)c3)c3ccccc3S2(=O)=O)cc1. The lowest BCUT2D eigenvalue weighted by atomic mass is 10.1. The average Bonchev–Trinajstić information content (AvgIpc) is 2.78. The van der Waals surface area contributed by atoms with E-state index in [0.717, 1.165) is 4.31 Å². The van der Waals surface area contributed by atoms with Crippen molar-refractivity contribution < 1.29 is 17.9 Å². The lowest BCUT2D eigenvalue weighted by molar-refractivity contribution is 0.253. The highest BCUT2D eigenvalue weighted by atomic mass is 32.2. The number of urea groups is 1. The summed E-state index contributed by atoms with van der Waals surface area (Å²) in [4.78, 5) is 14.9. The summed E-state index contributed by atoms with van der Waals surface area (Å²) in [7, 11) is -4.10. The Balaban J connectivity index is 1.80. The monoisotopic (exact) mass is 433 g/mol. The fraction of sp³-hybridized carbons (Fsp3) is 0.130. The first-order valence-electron chi connectivity index (χ1n) is 9.63. The molecule has 0 unspecified atom stereocenters. The summed E-state index contributed by atoms with van der Waals surface area (Å²) in [6.45, 7) is 2.44. The number of nitrogens with zero attached hydrogens (tertiary/aromatic N) is 3. The van der Waals surface area contributed by atoms with Crippen LogP contribution in [0.5, 0.6) is 5.75 Å². The number of sulfonamides is 1. The van der Waals surface area contributed by atoms with Crippen molar-refractivity contribution in [1.82, 2.24) is 0 Å². The van der Waals surface area contributed by atoms with Crippen molar-refractivity contribution in [2.45, 2.75) is 18.4 Å². The number of hydrogen-bond donors (Lipinski definition) is 0. The minimum absolute atomic E-state index is 0.0416. The number of para-hydroxylation sites is 1. The first-order chi connectivity index (χ1) is 15.0. The van der Waals surface area contributed by atoms with Gasteiger partial charge in [0.2, 0.25) is 0 Å². The van der Waals surface area contributed by atoms with Gasteiger partial charge in [-0.2, -0.15) is 9.57 Å². The molecule has 156 valence electrons. The van der Waals surface area contributed by atoms with E-state index in [1.807, 2.05) is 6.92 Å². The van der Waals surface area contributed by atoms with Gasteiger partial charge in [0, 0.05) is 0 Å². The van der Waals surface area contributed by atoms with Gasteiger partial charge in [0.15, 0.2) is 0 Å². The number of amides is 2. The van der Waals surface area contributed by atoms with E-state index >= 15 is 0 Å². The van der Waals surface area contributed by atoms with E-state index in [0.29, 0.717) is 29.2 Å². The molecular weight excluding hydrogens is 414 g/mol. The van der Waals surface area contributed by atoms with Gasteiger partial charge < -0.3 is 4.74 Å². The second-order valence-electron chi connectivity index (χ2n) is 6.84. The predicted molar refractivity (Wildman–Crippen MR) is 116 cm³/mol. The van der Waals surface area contributed by atoms with E-state index in [-0.39, 0.29) is 17.1 Å². The second kappa shape index (κ2) is 8.13. The van der Waals surface area contributed by atoms with Gasteiger partial charge in [-0.3, -0.25) is 4.90 Å². The molecule has 0 N–H and O–H groups in total. The topological polar surface area (TPSA) is 90.7 Å². The van der Waals surface area contributed by atoms with E-state index in [4.69, 9.17) is 10.00 Å². The molecular formula is C23H19N3O4S. The molecule has 0 saturated carbocycles. The molecule has 0 atom stereocenters. The molecule has 3 aromatic carbocycles. The maximum absolute atomic E-state index is 13.5. The van der Waals surface area contributed by atoms with E-state index in [1.54, 1.807) is 66.7 Å². The van der Waals surface area contributed by atoms with Crippen molar-refractivity contribution in [3.05, 3.63) is 83.9 Å². The number of benzene rings is 3. The van der Waals surface area contributed by atoms with Crippen molar-refractivity contribution in [2.24, 2.45) is 0 Å². The molecule has 0 fully saturated rings. The number of ether oxygens (including phenoxy) is 1. The predicted octanol–water partition coefficient (Wildman–Crippen LogP) is 4.29. The van der Waals surface area contributed by atoms with Gasteiger partial charge >= 0.3 is 6.03 Å². The number of nitriles is 1. The maximum Gasteiger partial charge on any atom is 0.343 e. The van der Waals surface area contributed by atoms with Crippen LogP contribution in [0, 0.1) is 11.3 Å². The molecule has 31 heavy (non-hydrogen) atoms. The van der Waals surface area contributed by atoms with Crippen molar-refractivity contribution in [1.29, 1.82) is 5.26 Å². The van der Waals surface area contributed by atoms with Crippen LogP contribution in [0.15, 0.2) is 77.7 Å². The summed E-state index contributed by atoms with van der Waals surface area (Å²) in [5, 5.41) is 9.17. The molecule has 1 heterocycles. The smallest absolute Gasteiger partial charge is 0.343 e. The number of rotatable bonds is 5. The summed E-state index contributed by atoms with van der Waals surface area (Å²) in [6, 6.07) is 21.0. The van der Waals surface area contributed by atoms with Gasteiger partial charge in [-0.05, 0) is 61.0 Å². The van der Waals surface area contributed by atoms with Crippen LogP contribution in [0.1, 0.15) is 18.1 Å². The minimum atomic E-state index is -4.10. The fourth-order valence-corrected chi connectivity index (χ4v) is 5.07. The molecule has 0 aromatic heterocycles. The Morgan fingerprint density at radius 1 is 1.00 bits per heavy atom. The third-order valence-electron chi connectivity index (χ3n) is 4.86. The van der Waals surface area contributed by atoms with Crippen molar-refractivity contribution in [3.63, 3.8) is 0 Å². The zero-order chi connectivity index (χ0) is 22.0. The quantitative estimate of drug-likeness (QED) is 0.599. The Morgan fingerprint density at radius 2 is 1.74 bits per heavy atom. The third-order valence-corrected chi connectivity index (χ3v) is 6.61. The Labute approximate surface area is 180 Å². The Bertz CT molecular complexity index is 1280. The number of carbonyl (C=O) groups excluding carboxylic acids is 1. The number of fused-ring (bicyclic) bond motifs is 1. The van der Waals surface area contributed by atoms with Gasteiger partial charge in [0.1, 0.15) is 10.6 Å². The van der Waals surface area contributed by atoms with Gasteiger partial charge in [-0.25, -0.2) is 13.2 Å². The van der Waals surface area contributed by atoms with Crippen LogP contribution >= 0.6 is 0 Å². The zero-order valence-corrected chi connectivity index (χ0v) is 17.5. The van der Waals surface area contributed by atoms with Gasteiger partial charge in [0.05, 0.1) is 36.2 Å². The lowest BCUT2D eigenvalue weighted by Gasteiger charge is -2.36. The summed E-state index contributed by atoms with van der Waals surface area (Å²) >= 11 is 0. The van der Waals surface area contributed by atoms with Crippen molar-refractivity contribution in [2.75, 3.05) is 15.8 Å². The Kier molecular flexibility index (Phi) is 5.36. The largest absolute Gasteiger partial charge is 0.494 e. The fourth-order valence-electron chi connectivity index (χ4n) is 3.48. The molecule has 7 nitrogen and oxygen atoms in total. The number of anilines is 2. The molecule has 8 heteroatoms. The van der Waals surface area contributed by atoms with Gasteiger partial charge in [-0.1, -0.05) is 24.3 Å². The van der Waals surface area contributed by atoms with E-state index in [9.17, 15) is 13.2 Å². The first kappa shape index (κ1) is 20.4. The number of carbonyl (C=O) groups is 1. The normalized spacial score (nSPS) is 14.6. The molecule has 0 aliphatic carbocycles. The van der Waals surface area contributed by atoms with Crippen LogP contribution < -0.4 is 13.9 Å². The minimum Gasteiger partial charge on any atom is -0.494 e. The van der Waals surface area contributed by atoms with Crippen molar-refractivity contribution >= 4 is 27.4 Å². The zero-order valence-electron chi connectivity index (χ0n) is 16.7. The third kappa shape index (κ3) is 3.71. The molecule has 0 bridgehead atoms. The average molecular weight is 433 g/mol. The Hall–Kier alpha value is -3.83. The highest BCUT2D eigenvalue weighted by Crippen LogP contribution is 2.38. The summed E-state index contributed by atoms with van der Waals surface area (Å²) in [5.74, 6) is 0.582. The molecule has 1 aliphatic heterocycles. The van der Waals surface area contributed by atoms with Crippen LogP contribution in [0.3, 0.4) is 0 Å². The van der Waals surface area contributed by atoms with Gasteiger partial charge in [-0.15, -0.1) is 0 Å². The molecule has 3 aromatic rings. The van der Waals surface area contributed by atoms with Crippen LogP contribution in [0.2, 0.25) is 0 Å². The highest BCUT2D eigenvalue weighted by Gasteiger charge is 2.42. The van der Waals surface area contributed by atoms with Crippen LogP contribution in [-0.4, -0.2) is 21.1 Å². The summed E-state index contributed by atoms with van der Waals surface area (Å²) in [6.07, 6.45) is 0. The molecule has 4 rings (SSSR count). The standard InChI is InChI=1S/C23H19N3O4S/c1-2-30-20-12-10-19(11-13-20)26-23(27)25(16-18-7-5-6-17(14-18)15-24)21-8-3-4-9-22(21)31(26,28)29/h3-14H,2,16H2,1H3. The molecule has 0 spiro atoms. The molecule has 1 aliphatic rings. The molecule has 0 radical (unpaired) electrons. The molecule has 0 saturated heterocycles. The van der Waals surface area contributed by atoms with E-state index in [1.165, 1.54) is 11.0 Å². The maximum atomic E-state index is 13.5. The van der Waals surface area contributed by atoms with Crippen molar-refractivity contribution in [3.8, 4) is 11.8 Å². The second-order valence-corrected chi connectivity index (χ2v) is 8.60. The van der Waals surface area contributed by atoms with Crippen LogP contribution in [0.4, 0.5) is 16.2 Å². The Morgan fingerprint density at radius 3 is 2.45 bits per heavy atom. The van der Waals surface area contributed by atoms with Crippen LogP contribution in [0.25, 0.3) is 0 Å². The van der Waals surface area contributed by atoms with E-state index in [2.05, 4.69) is 6.07 Å². The van der Waals surface area contributed by atoms with Gasteiger partial charge in [0.25, 0.3) is 10.0 Å². The number of hydrogen-bond acceptors (Lipinski definition) is 5. The summed E-state index contributed by atoms with van der Waals surface area (Å²) < 4.78 is 32.9. The molecule has 2 amide bonds. The highest BCUT2D eigenvalue weighted by molar-refractivity contribution is 7.94. The van der Waals surface area contributed by atoms with E-state index < -0.39 is 16.1 Å². The van der Waals surface area contributed by atoms with Crippen LogP contribution in [-0.2, 0) is 16.6 Å². The summed E-state index contributed by atoms with van der Waals surface area (Å²) in [5.41, 5.74) is 1.70. The first-order valence-corrected chi connectivity index (χ1v) is 11.1.